The summed E-state index contributed by atoms with van der Waals surface area (Å²) in [6, 6.07) is 6.45. The summed E-state index contributed by atoms with van der Waals surface area (Å²) in [7, 11) is 0. The molecule has 0 heterocycles. The first-order valence-corrected chi connectivity index (χ1v) is 6.41. The molecule has 0 aliphatic carbocycles. The fourth-order valence-electron chi connectivity index (χ4n) is 1.31. The summed E-state index contributed by atoms with van der Waals surface area (Å²) in [5.74, 6) is 0. The number of hydrogen-bond donors (Lipinski definition) is 1. The van der Waals surface area contributed by atoms with Crippen LogP contribution in [0.1, 0.15) is 19.8 Å². The summed E-state index contributed by atoms with van der Waals surface area (Å²) >= 11 is 8.37. The molecule has 1 N–H and O–H groups in total. The van der Waals surface area contributed by atoms with E-state index in [2.05, 4.69) is 47.5 Å². The molecule has 0 saturated carbocycles. The van der Waals surface area contributed by atoms with Crippen LogP contribution in [0.4, 0.5) is 5.69 Å². The van der Waals surface area contributed by atoms with Crippen LogP contribution in [0.25, 0.3) is 0 Å². The Morgan fingerprint density at radius 3 is 2.93 bits per heavy atom. The fourth-order valence-corrected chi connectivity index (χ4v) is 2.22. The number of allylic oxidation sites excluding steroid dienone is 1. The molecule has 0 bridgehead atoms. The van der Waals surface area contributed by atoms with Crippen molar-refractivity contribution in [2.45, 2.75) is 25.8 Å². The largest absolute Gasteiger partial charge is 0.381 e. The highest BCUT2D eigenvalue weighted by atomic mass is 127. The van der Waals surface area contributed by atoms with Crippen molar-refractivity contribution in [2.24, 2.45) is 0 Å². The number of anilines is 1. The van der Waals surface area contributed by atoms with Crippen LogP contribution in [0.15, 0.2) is 30.9 Å². The molecule has 0 spiro atoms. The molecule has 0 amide bonds. The van der Waals surface area contributed by atoms with Gasteiger partial charge in [-0.3, -0.25) is 0 Å². The summed E-state index contributed by atoms with van der Waals surface area (Å²) in [6.07, 6.45) is 4.04. The normalized spacial score (nSPS) is 12.2. The molecule has 82 valence electrons. The van der Waals surface area contributed by atoms with Crippen LogP contribution in [0.2, 0.25) is 5.02 Å². The maximum absolute atomic E-state index is 6.12. The second kappa shape index (κ2) is 6.38. The van der Waals surface area contributed by atoms with Crippen molar-refractivity contribution in [3.63, 3.8) is 0 Å². The second-order valence-electron chi connectivity index (χ2n) is 3.54. The van der Waals surface area contributed by atoms with Crippen molar-refractivity contribution in [2.75, 3.05) is 5.32 Å². The lowest BCUT2D eigenvalue weighted by molar-refractivity contribution is 0.719. The van der Waals surface area contributed by atoms with Gasteiger partial charge in [0, 0.05) is 9.61 Å². The summed E-state index contributed by atoms with van der Waals surface area (Å²) in [6.45, 7) is 5.86. The molecule has 1 unspecified atom stereocenters. The minimum absolute atomic E-state index is 0.417. The van der Waals surface area contributed by atoms with Gasteiger partial charge in [0.05, 0.1) is 10.7 Å². The van der Waals surface area contributed by atoms with Crippen LogP contribution in [0.3, 0.4) is 0 Å². The van der Waals surface area contributed by atoms with Gasteiger partial charge in [-0.1, -0.05) is 17.7 Å². The Bertz CT molecular complexity index is 338. The van der Waals surface area contributed by atoms with Crippen LogP contribution < -0.4 is 5.32 Å². The smallest absolute Gasteiger partial charge is 0.0648 e. The molecule has 0 aromatic heterocycles. The van der Waals surface area contributed by atoms with E-state index < -0.39 is 0 Å². The molecule has 1 aromatic rings. The lowest BCUT2D eigenvalue weighted by Crippen LogP contribution is -2.14. The summed E-state index contributed by atoms with van der Waals surface area (Å²) in [5, 5.41) is 4.17. The fraction of sp³-hybridized carbons (Fsp3) is 0.333. The van der Waals surface area contributed by atoms with Gasteiger partial charge < -0.3 is 5.32 Å². The molecule has 0 fully saturated rings. The second-order valence-corrected chi connectivity index (χ2v) is 5.19. The van der Waals surface area contributed by atoms with Crippen LogP contribution >= 0.6 is 34.2 Å². The summed E-state index contributed by atoms with van der Waals surface area (Å²) < 4.78 is 1.15. The van der Waals surface area contributed by atoms with Gasteiger partial charge in [0.2, 0.25) is 0 Å². The molecule has 0 aliphatic rings. The predicted molar refractivity (Wildman–Crippen MR) is 76.7 cm³/mol. The third-order valence-corrected chi connectivity index (χ3v) is 3.12. The Labute approximate surface area is 110 Å². The van der Waals surface area contributed by atoms with E-state index in [0.717, 1.165) is 27.1 Å². The van der Waals surface area contributed by atoms with Crippen LogP contribution in [0.5, 0.6) is 0 Å². The first-order chi connectivity index (χ1) is 7.13. The standard InChI is InChI=1S/C12H15ClIN/c1-3-4-5-9(2)15-12-7-6-10(14)8-11(12)13/h3,6-9,15H,1,4-5H2,2H3. The Morgan fingerprint density at radius 2 is 2.33 bits per heavy atom. The van der Waals surface area contributed by atoms with E-state index in [-0.39, 0.29) is 0 Å². The third-order valence-electron chi connectivity index (χ3n) is 2.14. The molecule has 0 saturated heterocycles. The molecular weight excluding hydrogens is 320 g/mol. The maximum atomic E-state index is 6.12. The lowest BCUT2D eigenvalue weighted by Gasteiger charge is -2.15. The van der Waals surface area contributed by atoms with E-state index in [1.807, 2.05) is 18.2 Å². The first kappa shape index (κ1) is 12.8. The highest BCUT2D eigenvalue weighted by Crippen LogP contribution is 2.24. The van der Waals surface area contributed by atoms with Crippen LogP contribution in [-0.4, -0.2) is 6.04 Å². The molecule has 1 aromatic carbocycles. The zero-order chi connectivity index (χ0) is 11.3. The molecule has 0 aliphatic heterocycles. The van der Waals surface area contributed by atoms with Gasteiger partial charge >= 0.3 is 0 Å². The topological polar surface area (TPSA) is 12.0 Å². The monoisotopic (exact) mass is 335 g/mol. The number of benzene rings is 1. The van der Waals surface area contributed by atoms with Gasteiger partial charge in [0.25, 0.3) is 0 Å². The highest BCUT2D eigenvalue weighted by molar-refractivity contribution is 14.1. The number of rotatable bonds is 5. The third kappa shape index (κ3) is 4.43. The summed E-state index contributed by atoms with van der Waals surface area (Å²) in [4.78, 5) is 0. The summed E-state index contributed by atoms with van der Waals surface area (Å²) in [5.41, 5.74) is 1.01. The van der Waals surface area contributed by atoms with Gasteiger partial charge in [0.1, 0.15) is 0 Å². The van der Waals surface area contributed by atoms with E-state index in [4.69, 9.17) is 11.6 Å². The van der Waals surface area contributed by atoms with Crippen molar-refractivity contribution in [3.05, 3.63) is 39.4 Å². The molecule has 1 atom stereocenters. The van der Waals surface area contributed by atoms with Crippen molar-refractivity contribution in [1.29, 1.82) is 0 Å². The quantitative estimate of drug-likeness (QED) is 0.607. The van der Waals surface area contributed by atoms with Crippen LogP contribution in [-0.2, 0) is 0 Å². The van der Waals surface area contributed by atoms with Crippen molar-refractivity contribution in [1.82, 2.24) is 0 Å². The van der Waals surface area contributed by atoms with Gasteiger partial charge in [-0.15, -0.1) is 6.58 Å². The van der Waals surface area contributed by atoms with E-state index in [9.17, 15) is 0 Å². The molecule has 0 radical (unpaired) electrons. The van der Waals surface area contributed by atoms with Gasteiger partial charge in [-0.25, -0.2) is 0 Å². The Kier molecular flexibility index (Phi) is 5.47. The molecule has 1 nitrogen and oxygen atoms in total. The number of nitrogens with one attached hydrogen (secondary N) is 1. The number of hydrogen-bond acceptors (Lipinski definition) is 1. The van der Waals surface area contributed by atoms with Crippen molar-refractivity contribution < 1.29 is 0 Å². The predicted octanol–water partition coefficient (Wildman–Crippen LogP) is 4.71. The molecule has 1 rings (SSSR count). The maximum Gasteiger partial charge on any atom is 0.0648 e. The number of halogens is 2. The van der Waals surface area contributed by atoms with Crippen molar-refractivity contribution >= 4 is 39.9 Å². The van der Waals surface area contributed by atoms with Gasteiger partial charge in [-0.05, 0) is 60.6 Å². The highest BCUT2D eigenvalue weighted by Gasteiger charge is 2.04. The Hall–Kier alpha value is -0.220. The molecule has 15 heavy (non-hydrogen) atoms. The van der Waals surface area contributed by atoms with E-state index in [1.165, 1.54) is 0 Å². The Morgan fingerprint density at radius 1 is 1.60 bits per heavy atom. The molecule has 3 heteroatoms. The average Bonchev–Trinajstić information content (AvgIpc) is 2.19. The van der Waals surface area contributed by atoms with E-state index >= 15 is 0 Å². The zero-order valence-electron chi connectivity index (χ0n) is 8.76. The van der Waals surface area contributed by atoms with E-state index in [1.54, 1.807) is 0 Å². The SMILES string of the molecule is C=CCCC(C)Nc1ccc(I)cc1Cl. The first-order valence-electron chi connectivity index (χ1n) is 4.96. The van der Waals surface area contributed by atoms with Gasteiger partial charge in [-0.2, -0.15) is 0 Å². The van der Waals surface area contributed by atoms with E-state index in [0.29, 0.717) is 6.04 Å². The lowest BCUT2D eigenvalue weighted by atomic mass is 10.1. The van der Waals surface area contributed by atoms with Crippen molar-refractivity contribution in [3.8, 4) is 0 Å². The van der Waals surface area contributed by atoms with Crippen LogP contribution in [0, 0.1) is 3.57 Å². The average molecular weight is 336 g/mol. The minimum atomic E-state index is 0.417. The minimum Gasteiger partial charge on any atom is -0.381 e. The van der Waals surface area contributed by atoms with Gasteiger partial charge in [0.15, 0.2) is 0 Å². The Balaban J connectivity index is 2.59. The zero-order valence-corrected chi connectivity index (χ0v) is 11.7. The molecular formula is C12H15ClIN.